The van der Waals surface area contributed by atoms with E-state index in [0.717, 1.165) is 11.4 Å². The number of carbonyl (C=O) groups excluding carboxylic acids is 2. The molecule has 0 fully saturated rings. The molecule has 0 aliphatic heterocycles. The number of aromatic nitrogens is 2. The van der Waals surface area contributed by atoms with Crippen molar-refractivity contribution < 1.29 is 28.5 Å². The van der Waals surface area contributed by atoms with Crippen molar-refractivity contribution in [1.82, 2.24) is 14.7 Å². The number of carbonyl (C=O) groups is 2. The van der Waals surface area contributed by atoms with E-state index in [2.05, 4.69) is 5.32 Å². The monoisotopic (exact) mass is 524 g/mol. The average Bonchev–Trinajstić information content (AvgIpc) is 3.34. The molecule has 0 saturated carbocycles. The molecule has 38 heavy (non-hydrogen) atoms. The van der Waals surface area contributed by atoms with Crippen molar-refractivity contribution in [3.8, 4) is 22.9 Å². The lowest BCUT2D eigenvalue weighted by Crippen LogP contribution is -2.40. The molecule has 10 heteroatoms. The van der Waals surface area contributed by atoms with Gasteiger partial charge in [0.05, 0.1) is 39.3 Å². The second-order valence-electron chi connectivity index (χ2n) is 9.64. The predicted molar refractivity (Wildman–Crippen MR) is 145 cm³/mol. The molecule has 1 aromatic heterocycles. The molecule has 2 amide bonds. The third-order valence-corrected chi connectivity index (χ3v) is 5.85. The van der Waals surface area contributed by atoms with Crippen LogP contribution in [0.25, 0.3) is 5.69 Å². The summed E-state index contributed by atoms with van der Waals surface area (Å²) >= 11 is 0. The Labute approximate surface area is 223 Å². The quantitative estimate of drug-likeness (QED) is 0.405. The first-order valence-corrected chi connectivity index (χ1v) is 12.2. The summed E-state index contributed by atoms with van der Waals surface area (Å²) in [6, 6.07) is 14.1. The molecule has 0 spiro atoms. The van der Waals surface area contributed by atoms with E-state index in [-0.39, 0.29) is 36.9 Å². The first-order chi connectivity index (χ1) is 18.1. The molecular formula is C28H36N4O6. The van der Waals surface area contributed by atoms with Crippen molar-refractivity contribution in [3.05, 3.63) is 59.8 Å². The molecule has 0 bridgehead atoms. The van der Waals surface area contributed by atoms with E-state index in [1.165, 1.54) is 19.1 Å². The van der Waals surface area contributed by atoms with Crippen LogP contribution in [0.1, 0.15) is 36.8 Å². The molecule has 0 radical (unpaired) electrons. The maximum Gasteiger partial charge on any atom is 0.254 e. The highest BCUT2D eigenvalue weighted by molar-refractivity contribution is 5.99. The Morgan fingerprint density at radius 2 is 1.50 bits per heavy atom. The maximum absolute atomic E-state index is 13.4. The molecule has 1 N–H and O–H groups in total. The smallest absolute Gasteiger partial charge is 0.254 e. The van der Waals surface area contributed by atoms with E-state index in [4.69, 9.17) is 24.0 Å². The Balaban J connectivity index is 1.88. The highest BCUT2D eigenvalue weighted by Gasteiger charge is 2.24. The molecule has 0 unspecified atom stereocenters. The molecule has 0 saturated heterocycles. The summed E-state index contributed by atoms with van der Waals surface area (Å²) in [5.74, 6) is 1.42. The number of methoxy groups -OCH3 is 4. The first-order valence-electron chi connectivity index (χ1n) is 12.2. The largest absolute Gasteiger partial charge is 0.497 e. The van der Waals surface area contributed by atoms with Gasteiger partial charge in [-0.15, -0.1) is 0 Å². The van der Waals surface area contributed by atoms with Crippen LogP contribution in [0.4, 0.5) is 5.82 Å². The van der Waals surface area contributed by atoms with Gasteiger partial charge >= 0.3 is 0 Å². The van der Waals surface area contributed by atoms with Gasteiger partial charge in [0, 0.05) is 36.8 Å². The van der Waals surface area contributed by atoms with Crippen molar-refractivity contribution in [1.29, 1.82) is 0 Å². The number of hydrogen-bond acceptors (Lipinski definition) is 7. The molecule has 3 aromatic rings. The SMILES string of the molecule is COCCN(CC(=O)Nc1cc(C(C)(C)C)nn1-c1ccc(OC)cc1)C(=O)c1cc(OC)cc(OC)c1. The van der Waals surface area contributed by atoms with E-state index in [9.17, 15) is 9.59 Å². The number of anilines is 1. The van der Waals surface area contributed by atoms with Crippen molar-refractivity contribution in [3.63, 3.8) is 0 Å². The molecule has 3 rings (SSSR count). The lowest BCUT2D eigenvalue weighted by atomic mass is 9.92. The Kier molecular flexibility index (Phi) is 9.35. The summed E-state index contributed by atoms with van der Waals surface area (Å²) in [6.45, 7) is 6.43. The summed E-state index contributed by atoms with van der Waals surface area (Å²) in [6.07, 6.45) is 0. The van der Waals surface area contributed by atoms with Crippen LogP contribution in [-0.2, 0) is 14.9 Å². The van der Waals surface area contributed by atoms with Gasteiger partial charge in [-0.1, -0.05) is 20.8 Å². The molecule has 0 aliphatic carbocycles. The van der Waals surface area contributed by atoms with Gasteiger partial charge in [0.15, 0.2) is 0 Å². The number of nitrogens with zero attached hydrogens (tertiary/aromatic N) is 3. The Bertz CT molecular complexity index is 1220. The summed E-state index contributed by atoms with van der Waals surface area (Å²) in [7, 11) is 6.16. The van der Waals surface area contributed by atoms with E-state index in [1.807, 2.05) is 51.1 Å². The zero-order valence-corrected chi connectivity index (χ0v) is 23.0. The van der Waals surface area contributed by atoms with Crippen molar-refractivity contribution in [2.24, 2.45) is 0 Å². The molecule has 0 atom stereocenters. The average molecular weight is 525 g/mol. The normalized spacial score (nSPS) is 11.1. The van der Waals surface area contributed by atoms with Crippen LogP contribution in [0.2, 0.25) is 0 Å². The van der Waals surface area contributed by atoms with Crippen LogP contribution in [0.15, 0.2) is 48.5 Å². The van der Waals surface area contributed by atoms with Gasteiger partial charge in [0.25, 0.3) is 5.91 Å². The third kappa shape index (κ3) is 7.04. The van der Waals surface area contributed by atoms with Crippen LogP contribution >= 0.6 is 0 Å². The molecular weight excluding hydrogens is 488 g/mol. The Morgan fingerprint density at radius 3 is 2.03 bits per heavy atom. The first kappa shape index (κ1) is 28.5. The number of benzene rings is 2. The zero-order valence-electron chi connectivity index (χ0n) is 23.0. The highest BCUT2D eigenvalue weighted by atomic mass is 16.5. The fourth-order valence-electron chi connectivity index (χ4n) is 3.68. The minimum absolute atomic E-state index is 0.194. The second kappa shape index (κ2) is 12.5. The van der Waals surface area contributed by atoms with Crippen molar-refractivity contribution >= 4 is 17.6 Å². The summed E-state index contributed by atoms with van der Waals surface area (Å²) in [5.41, 5.74) is 1.65. The maximum atomic E-state index is 13.4. The van der Waals surface area contributed by atoms with Gasteiger partial charge < -0.3 is 29.2 Å². The molecule has 10 nitrogen and oxygen atoms in total. The number of rotatable bonds is 11. The minimum Gasteiger partial charge on any atom is -0.497 e. The van der Waals surface area contributed by atoms with E-state index >= 15 is 0 Å². The van der Waals surface area contributed by atoms with Crippen LogP contribution in [0.3, 0.4) is 0 Å². The van der Waals surface area contributed by atoms with Crippen molar-refractivity contribution in [2.75, 3.05) is 53.5 Å². The minimum atomic E-state index is -0.376. The van der Waals surface area contributed by atoms with Gasteiger partial charge in [-0.2, -0.15) is 5.10 Å². The van der Waals surface area contributed by atoms with E-state index in [1.54, 1.807) is 37.1 Å². The fourth-order valence-corrected chi connectivity index (χ4v) is 3.68. The Hall–Kier alpha value is -4.05. The Morgan fingerprint density at radius 1 is 0.895 bits per heavy atom. The summed E-state index contributed by atoms with van der Waals surface area (Å²) in [4.78, 5) is 28.1. The van der Waals surface area contributed by atoms with Crippen LogP contribution in [0, 0.1) is 0 Å². The van der Waals surface area contributed by atoms with Gasteiger partial charge in [-0.25, -0.2) is 4.68 Å². The second-order valence-corrected chi connectivity index (χ2v) is 9.64. The van der Waals surface area contributed by atoms with Crippen LogP contribution < -0.4 is 19.5 Å². The zero-order chi connectivity index (χ0) is 27.9. The van der Waals surface area contributed by atoms with Gasteiger partial charge in [0.2, 0.25) is 5.91 Å². The van der Waals surface area contributed by atoms with Crippen LogP contribution in [0.5, 0.6) is 17.2 Å². The number of hydrogen-bond donors (Lipinski definition) is 1. The fraction of sp³-hybridized carbons (Fsp3) is 0.393. The standard InChI is InChI=1S/C28H36N4O6/c1-28(2,3)24-17-25(32(30-24)20-8-10-21(36-5)11-9-20)29-26(33)18-31(12-13-35-4)27(34)19-14-22(37-6)16-23(15-19)38-7/h8-11,14-17H,12-13,18H2,1-7H3,(H,29,33). The molecule has 1 heterocycles. The van der Waals surface area contributed by atoms with E-state index in [0.29, 0.717) is 28.6 Å². The van der Waals surface area contributed by atoms with Gasteiger partial charge in [-0.3, -0.25) is 9.59 Å². The number of amides is 2. The van der Waals surface area contributed by atoms with E-state index < -0.39 is 0 Å². The van der Waals surface area contributed by atoms with Crippen molar-refractivity contribution in [2.45, 2.75) is 26.2 Å². The third-order valence-electron chi connectivity index (χ3n) is 5.85. The topological polar surface area (TPSA) is 104 Å². The lowest BCUT2D eigenvalue weighted by Gasteiger charge is -2.22. The number of nitrogens with one attached hydrogen (secondary N) is 1. The number of ether oxygens (including phenoxy) is 4. The lowest BCUT2D eigenvalue weighted by molar-refractivity contribution is -0.117. The molecule has 204 valence electrons. The predicted octanol–water partition coefficient (Wildman–Crippen LogP) is 3.92. The summed E-state index contributed by atoms with van der Waals surface area (Å²) < 4.78 is 22.7. The van der Waals surface area contributed by atoms with Gasteiger partial charge in [-0.05, 0) is 36.4 Å². The van der Waals surface area contributed by atoms with Crippen LogP contribution in [-0.4, -0.2) is 74.6 Å². The highest BCUT2D eigenvalue weighted by Crippen LogP contribution is 2.27. The summed E-state index contributed by atoms with van der Waals surface area (Å²) in [5, 5.41) is 7.68. The van der Waals surface area contributed by atoms with Gasteiger partial charge in [0.1, 0.15) is 29.6 Å². The molecule has 2 aromatic carbocycles. The molecule has 0 aliphatic rings.